The summed E-state index contributed by atoms with van der Waals surface area (Å²) in [5.41, 5.74) is 6.90. The zero-order valence-electron chi connectivity index (χ0n) is 25.7. The number of hydrogen-bond donors (Lipinski definition) is 0. The highest BCUT2D eigenvalue weighted by Gasteiger charge is 2.45. The van der Waals surface area contributed by atoms with Gasteiger partial charge in [-0.2, -0.15) is 0 Å². The smallest absolute Gasteiger partial charge is 0.200 e. The molecule has 0 aliphatic heterocycles. The second-order valence-corrected chi connectivity index (χ2v) is 13.4. The van der Waals surface area contributed by atoms with Crippen molar-refractivity contribution in [3.05, 3.63) is 129 Å². The number of fused-ring (bicyclic) bond motifs is 8. The molecule has 7 rings (SSSR count). The van der Waals surface area contributed by atoms with Gasteiger partial charge in [0.25, 0.3) is 0 Å². The van der Waals surface area contributed by atoms with Crippen molar-refractivity contribution >= 4 is 10.8 Å². The standard InChI is InChI=1S/C39H33F5/c1-7-39(8-2,31-32(40)34(42)36(44)35(43)33(31)41)21-14-15-23-24-18-29-25(19-28(24)38(5,6)27(23)17-21)30-22-12-10-9-11-20(22)13-16-26(30)37(29,3)4/h9-19H,7-8H2,1-6H3. The van der Waals surface area contributed by atoms with Gasteiger partial charge in [-0.15, -0.1) is 0 Å². The van der Waals surface area contributed by atoms with Crippen LogP contribution in [0.3, 0.4) is 0 Å². The van der Waals surface area contributed by atoms with Crippen molar-refractivity contribution in [2.45, 2.75) is 70.6 Å². The first-order valence-electron chi connectivity index (χ1n) is 15.2. The van der Waals surface area contributed by atoms with Gasteiger partial charge < -0.3 is 0 Å². The second-order valence-electron chi connectivity index (χ2n) is 13.4. The average Bonchev–Trinajstić information content (AvgIpc) is 3.39. The Balaban J connectivity index is 1.45. The van der Waals surface area contributed by atoms with Crippen LogP contribution in [0.5, 0.6) is 0 Å². The highest BCUT2D eigenvalue weighted by molar-refractivity contribution is 6.03. The van der Waals surface area contributed by atoms with E-state index in [1.54, 1.807) is 19.9 Å². The lowest BCUT2D eigenvalue weighted by Gasteiger charge is -2.35. The predicted molar refractivity (Wildman–Crippen MR) is 167 cm³/mol. The molecule has 0 fully saturated rings. The van der Waals surface area contributed by atoms with E-state index in [4.69, 9.17) is 0 Å². The fourth-order valence-electron chi connectivity index (χ4n) is 8.21. The summed E-state index contributed by atoms with van der Waals surface area (Å²) in [6.07, 6.45) is 0.306. The molecule has 0 nitrogen and oxygen atoms in total. The first kappa shape index (κ1) is 28.8. The number of rotatable bonds is 4. The van der Waals surface area contributed by atoms with Gasteiger partial charge in [-0.3, -0.25) is 0 Å². The largest absolute Gasteiger partial charge is 0.203 e. The summed E-state index contributed by atoms with van der Waals surface area (Å²) in [4.78, 5) is 0. The van der Waals surface area contributed by atoms with Crippen LogP contribution in [0.4, 0.5) is 22.0 Å². The Morgan fingerprint density at radius 3 is 1.75 bits per heavy atom. The van der Waals surface area contributed by atoms with Crippen LogP contribution in [-0.2, 0) is 16.2 Å². The predicted octanol–water partition coefficient (Wildman–Crippen LogP) is 11.3. The van der Waals surface area contributed by atoms with Gasteiger partial charge in [0, 0.05) is 21.8 Å². The summed E-state index contributed by atoms with van der Waals surface area (Å²) in [5.74, 6) is -9.50. The molecule has 0 bridgehead atoms. The minimum absolute atomic E-state index is 0.153. The van der Waals surface area contributed by atoms with E-state index in [-0.39, 0.29) is 18.3 Å². The molecule has 224 valence electrons. The quantitative estimate of drug-likeness (QED) is 0.110. The number of benzene rings is 5. The molecule has 0 radical (unpaired) electrons. The van der Waals surface area contributed by atoms with E-state index in [9.17, 15) is 13.2 Å². The molecule has 44 heavy (non-hydrogen) atoms. The molecule has 2 aliphatic carbocycles. The van der Waals surface area contributed by atoms with Crippen LogP contribution < -0.4 is 0 Å². The summed E-state index contributed by atoms with van der Waals surface area (Å²) >= 11 is 0. The molecule has 0 heterocycles. The molecule has 0 N–H and O–H groups in total. The van der Waals surface area contributed by atoms with E-state index in [2.05, 4.69) is 76.2 Å². The summed E-state index contributed by atoms with van der Waals surface area (Å²) in [7, 11) is 0. The zero-order chi connectivity index (χ0) is 31.5. The molecule has 0 saturated heterocycles. The lowest BCUT2D eigenvalue weighted by molar-refractivity contribution is 0.340. The van der Waals surface area contributed by atoms with Crippen molar-refractivity contribution < 1.29 is 22.0 Å². The van der Waals surface area contributed by atoms with Gasteiger partial charge in [0.05, 0.1) is 0 Å². The molecule has 5 heteroatoms. The Bertz CT molecular complexity index is 2020. The average molecular weight is 597 g/mol. The molecule has 0 spiro atoms. The van der Waals surface area contributed by atoms with Crippen molar-refractivity contribution in [3.63, 3.8) is 0 Å². The zero-order valence-corrected chi connectivity index (χ0v) is 25.7. The van der Waals surface area contributed by atoms with Crippen molar-refractivity contribution in [1.82, 2.24) is 0 Å². The topological polar surface area (TPSA) is 0 Å². The first-order valence-corrected chi connectivity index (χ1v) is 15.2. The second kappa shape index (κ2) is 9.26. The van der Waals surface area contributed by atoms with Gasteiger partial charge >= 0.3 is 0 Å². The normalized spacial score (nSPS) is 15.7. The Hall–Kier alpha value is -3.99. The van der Waals surface area contributed by atoms with Gasteiger partial charge in [0.15, 0.2) is 23.3 Å². The molecule has 2 aliphatic rings. The van der Waals surface area contributed by atoms with Crippen LogP contribution in [-0.4, -0.2) is 0 Å². The monoisotopic (exact) mass is 596 g/mol. The van der Waals surface area contributed by atoms with Crippen LogP contribution in [0.2, 0.25) is 0 Å². The Kier molecular flexibility index (Phi) is 6.05. The molecule has 5 aromatic carbocycles. The van der Waals surface area contributed by atoms with Crippen LogP contribution in [0.1, 0.15) is 87.8 Å². The molecule has 0 atom stereocenters. The van der Waals surface area contributed by atoms with Gasteiger partial charge in [0.1, 0.15) is 0 Å². The molecular formula is C39H33F5. The Morgan fingerprint density at radius 1 is 0.545 bits per heavy atom. The van der Waals surface area contributed by atoms with Gasteiger partial charge in [-0.05, 0) is 85.8 Å². The van der Waals surface area contributed by atoms with E-state index < -0.39 is 45.5 Å². The van der Waals surface area contributed by atoms with Gasteiger partial charge in [-0.25, -0.2) is 22.0 Å². The van der Waals surface area contributed by atoms with Crippen LogP contribution in [0, 0.1) is 29.1 Å². The van der Waals surface area contributed by atoms with Gasteiger partial charge in [-0.1, -0.05) is 96.1 Å². The molecule has 0 amide bonds. The maximum absolute atomic E-state index is 15.3. The molecule has 0 unspecified atom stereocenters. The summed E-state index contributed by atoms with van der Waals surface area (Å²) in [6, 6.07) is 23.1. The van der Waals surface area contributed by atoms with Crippen molar-refractivity contribution in [3.8, 4) is 22.3 Å². The van der Waals surface area contributed by atoms with E-state index >= 15 is 8.78 Å². The van der Waals surface area contributed by atoms with E-state index in [0.29, 0.717) is 5.56 Å². The number of halogens is 5. The van der Waals surface area contributed by atoms with E-state index in [1.165, 1.54) is 33.0 Å². The first-order chi connectivity index (χ1) is 20.8. The third-order valence-corrected chi connectivity index (χ3v) is 10.8. The summed E-state index contributed by atoms with van der Waals surface area (Å²) in [5, 5.41) is 2.40. The lowest BCUT2D eigenvalue weighted by Crippen LogP contribution is -2.31. The Labute approximate surface area is 254 Å². The molecule has 0 aromatic heterocycles. The SMILES string of the molecule is CCC(CC)(c1ccc2c(c1)C(C)(C)c1cc3c(cc1-2)C(C)(C)c1ccc2ccccc2c1-3)c1c(F)c(F)c(F)c(F)c1F. The van der Waals surface area contributed by atoms with E-state index in [0.717, 1.165) is 22.3 Å². The Morgan fingerprint density at radius 2 is 1.09 bits per heavy atom. The van der Waals surface area contributed by atoms with Crippen LogP contribution >= 0.6 is 0 Å². The summed E-state index contributed by atoms with van der Waals surface area (Å²) in [6.45, 7) is 12.2. The van der Waals surface area contributed by atoms with Crippen molar-refractivity contribution in [2.24, 2.45) is 0 Å². The highest BCUT2D eigenvalue weighted by Crippen LogP contribution is 2.58. The fraction of sp³-hybridized carbons (Fsp3) is 0.282. The van der Waals surface area contributed by atoms with Crippen LogP contribution in [0.25, 0.3) is 33.0 Å². The van der Waals surface area contributed by atoms with Crippen LogP contribution in [0.15, 0.2) is 66.7 Å². The summed E-state index contributed by atoms with van der Waals surface area (Å²) < 4.78 is 73.6. The maximum Gasteiger partial charge on any atom is 0.200 e. The lowest BCUT2D eigenvalue weighted by atomic mass is 9.68. The van der Waals surface area contributed by atoms with Gasteiger partial charge in [0.2, 0.25) is 5.82 Å². The molecular weight excluding hydrogens is 563 g/mol. The molecule has 0 saturated carbocycles. The third kappa shape index (κ3) is 3.44. The number of hydrogen-bond acceptors (Lipinski definition) is 0. The maximum atomic E-state index is 15.3. The van der Waals surface area contributed by atoms with E-state index in [1.807, 2.05) is 12.1 Å². The minimum atomic E-state index is -2.14. The third-order valence-electron chi connectivity index (χ3n) is 10.8. The minimum Gasteiger partial charge on any atom is -0.203 e. The highest BCUT2D eigenvalue weighted by atomic mass is 19.2. The van der Waals surface area contributed by atoms with Crippen molar-refractivity contribution in [1.29, 1.82) is 0 Å². The van der Waals surface area contributed by atoms with Crippen molar-refractivity contribution in [2.75, 3.05) is 0 Å². The molecule has 5 aromatic rings. The fourth-order valence-corrected chi connectivity index (χ4v) is 8.21.